The third kappa shape index (κ3) is 4.54. The molecular weight excluding hydrogens is 485 g/mol. The fraction of sp³-hybridized carbons (Fsp3) is 0.227. The average Bonchev–Trinajstić information content (AvgIpc) is 2.81. The molecule has 4 rings (SSSR count). The van der Waals surface area contributed by atoms with E-state index in [0.717, 1.165) is 10.2 Å². The van der Waals surface area contributed by atoms with Crippen LogP contribution in [0.3, 0.4) is 0 Å². The number of hydrogen-bond acceptors (Lipinski definition) is 7. The average molecular weight is 502 g/mol. The molecule has 10 nitrogen and oxygen atoms in total. The number of benzene rings is 2. The Morgan fingerprint density at radius 2 is 1.91 bits per heavy atom. The molecule has 12 heteroatoms. The molecule has 3 aromatic rings. The number of hydrogen-bond donors (Lipinski definition) is 1. The van der Waals surface area contributed by atoms with Crippen molar-refractivity contribution in [1.29, 1.82) is 5.26 Å². The van der Waals surface area contributed by atoms with Crippen LogP contribution in [0.2, 0.25) is 10.0 Å². The minimum atomic E-state index is -0.896. The van der Waals surface area contributed by atoms with E-state index in [-0.39, 0.29) is 34.1 Å². The van der Waals surface area contributed by atoms with Crippen LogP contribution in [0.5, 0.6) is 11.5 Å². The molecule has 1 N–H and O–H groups in total. The Labute approximate surface area is 202 Å². The normalized spacial score (nSPS) is 12.9. The first-order valence-electron chi connectivity index (χ1n) is 10.1. The molecule has 0 bridgehead atoms. The number of aromatic nitrogens is 3. The predicted molar refractivity (Wildman–Crippen MR) is 123 cm³/mol. The largest absolute Gasteiger partial charge is 0.454 e. The highest BCUT2D eigenvalue weighted by Gasteiger charge is 2.25. The third-order valence-electron chi connectivity index (χ3n) is 5.08. The highest BCUT2D eigenvalue weighted by Crippen LogP contribution is 2.38. The standard InChI is InChI=1S/C22H17Cl2N5O5/c1-2-33-11-28-6-5-12-7-14(3-4-15(12)21(28)31)34-19-16(23)8-13(9-17(19)24)29-22(32)26-20(30)18(10-25)27-29/h3-4,7-9H,2,5-6,11H2,1H3,(H,26,30,32). The molecule has 0 radical (unpaired) electrons. The van der Waals surface area contributed by atoms with Crippen LogP contribution in [0.25, 0.3) is 5.69 Å². The van der Waals surface area contributed by atoms with Gasteiger partial charge in [-0.15, -0.1) is 5.10 Å². The summed E-state index contributed by atoms with van der Waals surface area (Å²) in [4.78, 5) is 40.0. The van der Waals surface area contributed by atoms with Crippen molar-refractivity contribution in [3.63, 3.8) is 0 Å². The topological polar surface area (TPSA) is 130 Å². The number of nitrogens with zero attached hydrogens (tertiary/aromatic N) is 4. The summed E-state index contributed by atoms with van der Waals surface area (Å²) in [6.45, 7) is 3.16. The highest BCUT2D eigenvalue weighted by atomic mass is 35.5. The first-order chi connectivity index (χ1) is 16.3. The van der Waals surface area contributed by atoms with E-state index >= 15 is 0 Å². The van der Waals surface area contributed by atoms with Gasteiger partial charge in [0.15, 0.2) is 5.75 Å². The molecule has 0 atom stereocenters. The van der Waals surface area contributed by atoms with Crippen LogP contribution in [0.4, 0.5) is 0 Å². The number of nitriles is 1. The smallest absolute Gasteiger partial charge is 0.349 e. The molecule has 1 aromatic heterocycles. The van der Waals surface area contributed by atoms with E-state index in [1.54, 1.807) is 29.2 Å². The lowest BCUT2D eigenvalue weighted by molar-refractivity contribution is 0.0264. The summed E-state index contributed by atoms with van der Waals surface area (Å²) in [7, 11) is 0. The number of carbonyl (C=O) groups is 1. The van der Waals surface area contributed by atoms with Crippen LogP contribution >= 0.6 is 23.2 Å². The number of amides is 1. The van der Waals surface area contributed by atoms with Gasteiger partial charge in [0.25, 0.3) is 11.5 Å². The maximum atomic E-state index is 12.7. The van der Waals surface area contributed by atoms with Gasteiger partial charge in [0.1, 0.15) is 18.5 Å². The number of fused-ring (bicyclic) bond motifs is 1. The molecule has 0 fully saturated rings. The molecule has 0 saturated heterocycles. The van der Waals surface area contributed by atoms with E-state index in [2.05, 4.69) is 5.10 Å². The number of rotatable bonds is 6. The van der Waals surface area contributed by atoms with E-state index in [1.165, 1.54) is 12.1 Å². The number of H-pyrrole nitrogens is 1. The lowest BCUT2D eigenvalue weighted by Gasteiger charge is -2.28. The molecule has 0 spiro atoms. The van der Waals surface area contributed by atoms with Crippen molar-refractivity contribution in [2.24, 2.45) is 0 Å². The van der Waals surface area contributed by atoms with Crippen molar-refractivity contribution in [2.75, 3.05) is 19.9 Å². The molecule has 2 heterocycles. The van der Waals surface area contributed by atoms with E-state index < -0.39 is 16.9 Å². The van der Waals surface area contributed by atoms with Gasteiger partial charge >= 0.3 is 5.69 Å². The van der Waals surface area contributed by atoms with Crippen molar-refractivity contribution in [3.8, 4) is 23.3 Å². The number of carbonyl (C=O) groups excluding carboxylic acids is 1. The van der Waals surface area contributed by atoms with Crippen molar-refractivity contribution in [2.45, 2.75) is 13.3 Å². The lowest BCUT2D eigenvalue weighted by Crippen LogP contribution is -2.39. The molecule has 34 heavy (non-hydrogen) atoms. The first kappa shape index (κ1) is 23.5. The molecule has 174 valence electrons. The van der Waals surface area contributed by atoms with Gasteiger partial charge in [0.05, 0.1) is 15.7 Å². The summed E-state index contributed by atoms with van der Waals surface area (Å²) in [5, 5.41) is 12.9. The summed E-state index contributed by atoms with van der Waals surface area (Å²) in [6.07, 6.45) is 0.633. The number of ether oxygens (including phenoxy) is 2. The molecule has 1 amide bonds. The summed E-state index contributed by atoms with van der Waals surface area (Å²) < 4.78 is 12.0. The molecule has 0 aliphatic carbocycles. The van der Waals surface area contributed by atoms with E-state index in [0.29, 0.717) is 30.9 Å². The highest BCUT2D eigenvalue weighted by molar-refractivity contribution is 6.37. The Hall–Kier alpha value is -3.65. The van der Waals surface area contributed by atoms with E-state index in [4.69, 9.17) is 37.9 Å². The maximum absolute atomic E-state index is 12.7. The zero-order valence-corrected chi connectivity index (χ0v) is 19.3. The van der Waals surface area contributed by atoms with E-state index in [1.807, 2.05) is 11.9 Å². The van der Waals surface area contributed by atoms with Crippen LogP contribution in [-0.4, -0.2) is 45.5 Å². The SMILES string of the molecule is CCOCN1CCc2cc(Oc3c(Cl)cc(-n4nc(C#N)c(=O)[nH]c4=O)cc3Cl)ccc2C1=O. The fourth-order valence-corrected chi connectivity index (χ4v) is 3.99. The van der Waals surface area contributed by atoms with Crippen molar-refractivity contribution in [3.05, 3.63) is 78.0 Å². The summed E-state index contributed by atoms with van der Waals surface area (Å²) in [6, 6.07) is 9.40. The second-order valence-electron chi connectivity index (χ2n) is 7.23. The molecule has 0 unspecified atom stereocenters. The molecule has 1 aliphatic rings. The Kier molecular flexibility index (Phi) is 6.70. The molecule has 0 saturated carbocycles. The van der Waals surface area contributed by atoms with Crippen LogP contribution in [0, 0.1) is 11.3 Å². The van der Waals surface area contributed by atoms with Gasteiger partial charge in [-0.1, -0.05) is 23.2 Å². The van der Waals surface area contributed by atoms with Crippen LogP contribution in [-0.2, 0) is 11.2 Å². The van der Waals surface area contributed by atoms with Crippen LogP contribution in [0.15, 0.2) is 39.9 Å². The van der Waals surface area contributed by atoms with Crippen molar-refractivity contribution >= 4 is 29.1 Å². The van der Waals surface area contributed by atoms with Gasteiger partial charge in [-0.05, 0) is 49.2 Å². The number of nitrogens with one attached hydrogen (secondary N) is 1. The quantitative estimate of drug-likeness (QED) is 0.549. The van der Waals surface area contributed by atoms with Crippen LogP contribution < -0.4 is 16.0 Å². The minimum Gasteiger partial charge on any atom is -0.454 e. The lowest BCUT2D eigenvalue weighted by atomic mass is 9.99. The molecule has 1 aliphatic heterocycles. The summed E-state index contributed by atoms with van der Waals surface area (Å²) in [5.41, 5.74) is -0.716. The van der Waals surface area contributed by atoms with Crippen LogP contribution in [0.1, 0.15) is 28.5 Å². The Morgan fingerprint density at radius 1 is 1.18 bits per heavy atom. The number of halogens is 2. The zero-order chi connectivity index (χ0) is 24.4. The maximum Gasteiger partial charge on any atom is 0.349 e. The first-order valence-corrected chi connectivity index (χ1v) is 10.9. The summed E-state index contributed by atoms with van der Waals surface area (Å²) >= 11 is 12.7. The Bertz CT molecular complexity index is 1420. The van der Waals surface area contributed by atoms with E-state index in [9.17, 15) is 14.4 Å². The van der Waals surface area contributed by atoms with Gasteiger partial charge in [0, 0.05) is 18.7 Å². The monoisotopic (exact) mass is 501 g/mol. The van der Waals surface area contributed by atoms with Gasteiger partial charge in [0.2, 0.25) is 5.69 Å². The third-order valence-corrected chi connectivity index (χ3v) is 5.64. The second kappa shape index (κ2) is 9.69. The second-order valence-corrected chi connectivity index (χ2v) is 8.05. The van der Waals surface area contributed by atoms with Gasteiger partial charge < -0.3 is 14.4 Å². The Morgan fingerprint density at radius 3 is 2.59 bits per heavy atom. The van der Waals surface area contributed by atoms with Gasteiger partial charge in [-0.3, -0.25) is 14.6 Å². The van der Waals surface area contributed by atoms with Crippen molar-refractivity contribution < 1.29 is 14.3 Å². The minimum absolute atomic E-state index is 0.0672. The zero-order valence-electron chi connectivity index (χ0n) is 17.8. The predicted octanol–water partition coefficient (Wildman–Crippen LogP) is 2.88. The van der Waals surface area contributed by atoms with Crippen molar-refractivity contribution in [1.82, 2.24) is 19.7 Å². The van der Waals surface area contributed by atoms with Gasteiger partial charge in [-0.2, -0.15) is 9.94 Å². The Balaban J connectivity index is 1.62. The molecular formula is C22H17Cl2N5O5. The molecule has 2 aromatic carbocycles. The number of aromatic amines is 1. The summed E-state index contributed by atoms with van der Waals surface area (Å²) in [5.74, 6) is 0.440. The van der Waals surface area contributed by atoms with Gasteiger partial charge in [-0.25, -0.2) is 4.79 Å². The fourth-order valence-electron chi connectivity index (χ4n) is 3.43.